The number of aryl methyl sites for hydroxylation is 1. The first-order valence-corrected chi connectivity index (χ1v) is 7.90. The number of thiophene rings is 1. The molecule has 0 spiro atoms. The Bertz CT molecular complexity index is 598. The van der Waals surface area contributed by atoms with Gasteiger partial charge in [0.2, 0.25) is 0 Å². The van der Waals surface area contributed by atoms with Gasteiger partial charge in [-0.25, -0.2) is 0 Å². The molecule has 106 valence electrons. The zero-order valence-corrected chi connectivity index (χ0v) is 12.9. The van der Waals surface area contributed by atoms with Crippen molar-refractivity contribution in [1.82, 2.24) is 4.90 Å². The predicted octanol–water partition coefficient (Wildman–Crippen LogP) is 3.06. The summed E-state index contributed by atoms with van der Waals surface area (Å²) in [5, 5.41) is 2.13. The molecule has 2 aromatic rings. The monoisotopic (exact) mass is 287 g/mol. The smallest absolute Gasteiger partial charge is 0.0403 e. The minimum atomic E-state index is 0.869. The molecule has 1 aliphatic heterocycles. The van der Waals surface area contributed by atoms with Crippen LogP contribution in [0.5, 0.6) is 0 Å². The number of hydrogen-bond donors (Lipinski definition) is 1. The third kappa shape index (κ3) is 2.53. The molecule has 1 fully saturated rings. The van der Waals surface area contributed by atoms with Gasteiger partial charge in [0.05, 0.1) is 0 Å². The number of likely N-dealkylation sites (N-methyl/N-ethyl adjacent to an activating group) is 1. The van der Waals surface area contributed by atoms with E-state index in [9.17, 15) is 0 Å². The van der Waals surface area contributed by atoms with E-state index >= 15 is 0 Å². The van der Waals surface area contributed by atoms with Crippen LogP contribution in [0.1, 0.15) is 5.56 Å². The second-order valence-corrected chi connectivity index (χ2v) is 6.41. The van der Waals surface area contributed by atoms with E-state index in [1.54, 1.807) is 11.3 Å². The number of benzene rings is 1. The number of nitrogens with two attached hydrogens (primary N) is 1. The zero-order chi connectivity index (χ0) is 14.1. The Balaban J connectivity index is 1.93. The number of hydrogen-bond acceptors (Lipinski definition) is 4. The van der Waals surface area contributed by atoms with Crippen molar-refractivity contribution in [3.8, 4) is 10.4 Å². The summed E-state index contributed by atoms with van der Waals surface area (Å²) < 4.78 is 0. The molecular weight excluding hydrogens is 266 g/mol. The van der Waals surface area contributed by atoms with Gasteiger partial charge in [0.25, 0.3) is 0 Å². The molecule has 0 unspecified atom stereocenters. The molecule has 0 atom stereocenters. The molecule has 1 aromatic carbocycles. The molecule has 0 amide bonds. The van der Waals surface area contributed by atoms with E-state index in [2.05, 4.69) is 47.4 Å². The minimum Gasteiger partial charge on any atom is -0.398 e. The van der Waals surface area contributed by atoms with Crippen LogP contribution in [0.4, 0.5) is 11.4 Å². The molecule has 1 saturated heterocycles. The number of rotatable bonds is 2. The molecule has 0 aliphatic carbocycles. The molecule has 3 nitrogen and oxygen atoms in total. The maximum absolute atomic E-state index is 6.18. The van der Waals surface area contributed by atoms with Crippen molar-refractivity contribution < 1.29 is 0 Å². The predicted molar refractivity (Wildman–Crippen MR) is 88.6 cm³/mol. The summed E-state index contributed by atoms with van der Waals surface area (Å²) in [6.07, 6.45) is 0. The average Bonchev–Trinajstić information content (AvgIpc) is 2.87. The van der Waals surface area contributed by atoms with Gasteiger partial charge in [0.15, 0.2) is 0 Å². The van der Waals surface area contributed by atoms with Gasteiger partial charge in [0, 0.05) is 48.0 Å². The molecule has 0 saturated carbocycles. The molecule has 2 heterocycles. The Labute approximate surface area is 124 Å². The van der Waals surface area contributed by atoms with Crippen molar-refractivity contribution in [2.45, 2.75) is 6.92 Å². The first-order valence-electron chi connectivity index (χ1n) is 7.02. The highest BCUT2D eigenvalue weighted by molar-refractivity contribution is 7.13. The molecule has 0 radical (unpaired) electrons. The standard InChI is InChI=1S/C16H21N3S/c1-12-5-10-20-16(12)14-11-13(3-4-15(14)17)19-8-6-18(2)7-9-19/h3-5,10-11H,6-9,17H2,1-2H3. The van der Waals surface area contributed by atoms with Crippen molar-refractivity contribution in [2.75, 3.05) is 43.9 Å². The number of piperazine rings is 1. The van der Waals surface area contributed by atoms with E-state index < -0.39 is 0 Å². The summed E-state index contributed by atoms with van der Waals surface area (Å²) in [6, 6.07) is 8.59. The second kappa shape index (κ2) is 5.46. The third-order valence-electron chi connectivity index (χ3n) is 4.01. The molecule has 0 bridgehead atoms. The highest BCUT2D eigenvalue weighted by Gasteiger charge is 2.16. The first kappa shape index (κ1) is 13.5. The topological polar surface area (TPSA) is 32.5 Å². The number of nitrogen functional groups attached to an aromatic ring is 1. The van der Waals surface area contributed by atoms with Gasteiger partial charge in [-0.3, -0.25) is 0 Å². The fraction of sp³-hybridized carbons (Fsp3) is 0.375. The van der Waals surface area contributed by atoms with Gasteiger partial charge in [-0.1, -0.05) is 0 Å². The van der Waals surface area contributed by atoms with Gasteiger partial charge in [-0.2, -0.15) is 0 Å². The van der Waals surface area contributed by atoms with Crippen LogP contribution in [0.25, 0.3) is 10.4 Å². The van der Waals surface area contributed by atoms with Gasteiger partial charge in [-0.15, -0.1) is 11.3 Å². The summed E-state index contributed by atoms with van der Waals surface area (Å²) in [6.45, 7) is 6.57. The Kier molecular flexibility index (Phi) is 3.68. The molecular formula is C16H21N3S. The lowest BCUT2D eigenvalue weighted by atomic mass is 10.1. The minimum absolute atomic E-state index is 0.869. The van der Waals surface area contributed by atoms with Crippen LogP contribution in [-0.4, -0.2) is 38.1 Å². The van der Waals surface area contributed by atoms with Crippen LogP contribution >= 0.6 is 11.3 Å². The largest absolute Gasteiger partial charge is 0.398 e. The molecule has 1 aromatic heterocycles. The third-order valence-corrected chi connectivity index (χ3v) is 5.06. The fourth-order valence-electron chi connectivity index (χ4n) is 2.65. The van der Waals surface area contributed by atoms with Crippen LogP contribution in [0.15, 0.2) is 29.6 Å². The number of nitrogens with zero attached hydrogens (tertiary/aromatic N) is 2. The zero-order valence-electron chi connectivity index (χ0n) is 12.1. The molecule has 3 rings (SSSR count). The van der Waals surface area contributed by atoms with Crippen LogP contribution < -0.4 is 10.6 Å². The summed E-state index contributed by atoms with van der Waals surface area (Å²) in [5.74, 6) is 0. The van der Waals surface area contributed by atoms with E-state index in [0.29, 0.717) is 0 Å². The van der Waals surface area contributed by atoms with Gasteiger partial charge < -0.3 is 15.5 Å². The van der Waals surface area contributed by atoms with Crippen LogP contribution in [0.3, 0.4) is 0 Å². The van der Waals surface area contributed by atoms with E-state index in [-0.39, 0.29) is 0 Å². The Morgan fingerprint density at radius 3 is 2.50 bits per heavy atom. The first-order chi connectivity index (χ1) is 9.65. The molecule has 20 heavy (non-hydrogen) atoms. The van der Waals surface area contributed by atoms with Gasteiger partial charge in [0.1, 0.15) is 0 Å². The fourth-order valence-corrected chi connectivity index (χ4v) is 3.62. The van der Waals surface area contributed by atoms with Crippen molar-refractivity contribution in [1.29, 1.82) is 0 Å². The van der Waals surface area contributed by atoms with E-state index in [4.69, 9.17) is 5.73 Å². The van der Waals surface area contributed by atoms with Crippen molar-refractivity contribution in [3.05, 3.63) is 35.2 Å². The highest BCUT2D eigenvalue weighted by Crippen LogP contribution is 2.36. The molecule has 4 heteroatoms. The van der Waals surface area contributed by atoms with E-state index in [1.807, 2.05) is 6.07 Å². The maximum Gasteiger partial charge on any atom is 0.0403 e. The van der Waals surface area contributed by atoms with Crippen molar-refractivity contribution >= 4 is 22.7 Å². The van der Waals surface area contributed by atoms with Crippen LogP contribution in [0, 0.1) is 6.92 Å². The maximum atomic E-state index is 6.18. The van der Waals surface area contributed by atoms with Crippen LogP contribution in [0.2, 0.25) is 0 Å². The van der Waals surface area contributed by atoms with Crippen molar-refractivity contribution in [3.63, 3.8) is 0 Å². The van der Waals surface area contributed by atoms with Gasteiger partial charge >= 0.3 is 0 Å². The summed E-state index contributed by atoms with van der Waals surface area (Å²) >= 11 is 1.77. The van der Waals surface area contributed by atoms with E-state index in [0.717, 1.165) is 31.9 Å². The summed E-state index contributed by atoms with van der Waals surface area (Å²) in [7, 11) is 2.18. The van der Waals surface area contributed by atoms with Crippen LogP contribution in [-0.2, 0) is 0 Å². The summed E-state index contributed by atoms with van der Waals surface area (Å²) in [5.41, 5.74) is 10.8. The lowest BCUT2D eigenvalue weighted by Gasteiger charge is -2.34. The molecule has 1 aliphatic rings. The summed E-state index contributed by atoms with van der Waals surface area (Å²) in [4.78, 5) is 6.11. The normalized spacial score (nSPS) is 16.6. The molecule has 2 N–H and O–H groups in total. The quantitative estimate of drug-likeness (QED) is 0.862. The number of anilines is 2. The van der Waals surface area contributed by atoms with E-state index in [1.165, 1.54) is 21.7 Å². The SMILES string of the molecule is Cc1ccsc1-c1cc(N2CCN(C)CC2)ccc1N. The average molecular weight is 287 g/mol. The Morgan fingerprint density at radius 2 is 1.85 bits per heavy atom. The highest BCUT2D eigenvalue weighted by atomic mass is 32.1. The lowest BCUT2D eigenvalue weighted by molar-refractivity contribution is 0.313. The lowest BCUT2D eigenvalue weighted by Crippen LogP contribution is -2.44. The van der Waals surface area contributed by atoms with Gasteiger partial charge in [-0.05, 0) is 49.2 Å². The second-order valence-electron chi connectivity index (χ2n) is 5.49. The Hall–Kier alpha value is -1.52. The van der Waals surface area contributed by atoms with Crippen molar-refractivity contribution in [2.24, 2.45) is 0 Å². The Morgan fingerprint density at radius 1 is 1.10 bits per heavy atom.